The summed E-state index contributed by atoms with van der Waals surface area (Å²) in [6.45, 7) is 4.71. The Morgan fingerprint density at radius 3 is 2.87 bits per heavy atom. The highest BCUT2D eigenvalue weighted by Crippen LogP contribution is 2.12. The molecule has 0 bridgehead atoms. The van der Waals surface area contributed by atoms with Gasteiger partial charge in [0.05, 0.1) is 12.7 Å². The first kappa shape index (κ1) is 12.0. The highest BCUT2D eigenvalue weighted by atomic mass is 16.6. The number of carbonyl (C=O) groups is 1. The number of rotatable bonds is 5. The summed E-state index contributed by atoms with van der Waals surface area (Å²) in [7, 11) is 0. The fraction of sp³-hybridized carbons (Fsp3) is 0.583. The zero-order valence-corrected chi connectivity index (χ0v) is 9.36. The second-order valence-corrected chi connectivity index (χ2v) is 3.71. The maximum atomic E-state index is 11.5. The number of ether oxygens (including phenoxy) is 2. The van der Waals surface area contributed by atoms with E-state index in [9.17, 15) is 4.79 Å². The van der Waals surface area contributed by atoms with Gasteiger partial charge in [-0.15, -0.1) is 0 Å². The SMILES string of the molecule is CC(C)OCCOC(=O)C1=CC=CCC1. The lowest BCUT2D eigenvalue weighted by atomic mass is 10.1. The van der Waals surface area contributed by atoms with Gasteiger partial charge in [0.2, 0.25) is 0 Å². The number of allylic oxidation sites excluding steroid dienone is 3. The summed E-state index contributed by atoms with van der Waals surface area (Å²) in [5, 5.41) is 0. The van der Waals surface area contributed by atoms with Crippen molar-refractivity contribution in [1.82, 2.24) is 0 Å². The minimum absolute atomic E-state index is 0.181. The van der Waals surface area contributed by atoms with Crippen molar-refractivity contribution in [3.63, 3.8) is 0 Å². The Bertz CT molecular complexity index is 264. The molecule has 1 rings (SSSR count). The molecule has 0 aromatic heterocycles. The van der Waals surface area contributed by atoms with Crippen molar-refractivity contribution in [2.45, 2.75) is 32.8 Å². The van der Waals surface area contributed by atoms with Crippen LogP contribution >= 0.6 is 0 Å². The van der Waals surface area contributed by atoms with Crippen LogP contribution in [0.5, 0.6) is 0 Å². The third-order valence-electron chi connectivity index (χ3n) is 2.04. The number of carbonyl (C=O) groups excluding carboxylic acids is 1. The van der Waals surface area contributed by atoms with Crippen LogP contribution in [0.1, 0.15) is 26.7 Å². The molecule has 0 spiro atoms. The van der Waals surface area contributed by atoms with Crippen LogP contribution in [-0.4, -0.2) is 25.3 Å². The first-order chi connectivity index (χ1) is 7.20. The van der Waals surface area contributed by atoms with Gasteiger partial charge in [0.1, 0.15) is 6.61 Å². The zero-order chi connectivity index (χ0) is 11.1. The molecule has 84 valence electrons. The predicted molar refractivity (Wildman–Crippen MR) is 58.5 cm³/mol. The van der Waals surface area contributed by atoms with E-state index in [0.29, 0.717) is 13.2 Å². The largest absolute Gasteiger partial charge is 0.460 e. The minimum Gasteiger partial charge on any atom is -0.460 e. The molecule has 3 nitrogen and oxygen atoms in total. The average Bonchev–Trinajstić information content (AvgIpc) is 2.25. The van der Waals surface area contributed by atoms with Crippen LogP contribution < -0.4 is 0 Å². The zero-order valence-electron chi connectivity index (χ0n) is 9.36. The molecule has 0 N–H and O–H groups in total. The van der Waals surface area contributed by atoms with E-state index in [4.69, 9.17) is 9.47 Å². The molecule has 0 unspecified atom stereocenters. The van der Waals surface area contributed by atoms with Gasteiger partial charge in [-0.3, -0.25) is 0 Å². The number of esters is 1. The molecule has 0 saturated heterocycles. The summed E-state index contributed by atoms with van der Waals surface area (Å²) < 4.78 is 10.3. The Hall–Kier alpha value is -1.09. The number of hydrogen-bond donors (Lipinski definition) is 0. The van der Waals surface area contributed by atoms with E-state index in [1.807, 2.05) is 32.1 Å². The minimum atomic E-state index is -0.216. The monoisotopic (exact) mass is 210 g/mol. The molecule has 0 aromatic rings. The molecular formula is C12H18O3. The first-order valence-electron chi connectivity index (χ1n) is 5.34. The summed E-state index contributed by atoms with van der Waals surface area (Å²) in [4.78, 5) is 11.5. The molecule has 15 heavy (non-hydrogen) atoms. The van der Waals surface area contributed by atoms with E-state index in [2.05, 4.69) is 0 Å². The summed E-state index contributed by atoms with van der Waals surface area (Å²) in [5.74, 6) is -0.216. The van der Waals surface area contributed by atoms with Crippen molar-refractivity contribution in [3.8, 4) is 0 Å². The second-order valence-electron chi connectivity index (χ2n) is 3.71. The van der Waals surface area contributed by atoms with Crippen LogP contribution in [0.4, 0.5) is 0 Å². The van der Waals surface area contributed by atoms with Gasteiger partial charge in [-0.25, -0.2) is 4.79 Å². The molecular weight excluding hydrogens is 192 g/mol. The van der Waals surface area contributed by atoms with E-state index in [1.165, 1.54) is 0 Å². The molecule has 3 heteroatoms. The molecule has 0 saturated carbocycles. The fourth-order valence-electron chi connectivity index (χ4n) is 1.28. The van der Waals surface area contributed by atoms with Gasteiger partial charge in [0.25, 0.3) is 0 Å². The van der Waals surface area contributed by atoms with Gasteiger partial charge in [-0.1, -0.05) is 18.2 Å². The van der Waals surface area contributed by atoms with Crippen LogP contribution in [-0.2, 0) is 14.3 Å². The van der Waals surface area contributed by atoms with Gasteiger partial charge >= 0.3 is 5.97 Å². The first-order valence-corrected chi connectivity index (χ1v) is 5.34. The normalized spacial score (nSPS) is 15.3. The number of hydrogen-bond acceptors (Lipinski definition) is 3. The second kappa shape index (κ2) is 6.40. The van der Waals surface area contributed by atoms with E-state index < -0.39 is 0 Å². The highest BCUT2D eigenvalue weighted by Gasteiger charge is 2.11. The highest BCUT2D eigenvalue weighted by molar-refractivity contribution is 5.89. The Morgan fingerprint density at radius 1 is 1.47 bits per heavy atom. The Balaban J connectivity index is 2.18. The van der Waals surface area contributed by atoms with Crippen LogP contribution in [0, 0.1) is 0 Å². The molecule has 0 aliphatic heterocycles. The van der Waals surface area contributed by atoms with Crippen LogP contribution in [0.15, 0.2) is 23.8 Å². The van der Waals surface area contributed by atoms with Gasteiger partial charge in [0, 0.05) is 5.57 Å². The van der Waals surface area contributed by atoms with E-state index in [0.717, 1.165) is 18.4 Å². The van der Waals surface area contributed by atoms with E-state index in [1.54, 1.807) is 0 Å². The summed E-state index contributed by atoms with van der Waals surface area (Å²) >= 11 is 0. The third kappa shape index (κ3) is 4.79. The van der Waals surface area contributed by atoms with Crippen LogP contribution in [0.25, 0.3) is 0 Å². The van der Waals surface area contributed by atoms with Gasteiger partial charge in [-0.05, 0) is 26.7 Å². The quantitative estimate of drug-likeness (QED) is 0.515. The van der Waals surface area contributed by atoms with Gasteiger partial charge in [-0.2, -0.15) is 0 Å². The molecule has 0 radical (unpaired) electrons. The topological polar surface area (TPSA) is 35.5 Å². The van der Waals surface area contributed by atoms with E-state index in [-0.39, 0.29) is 12.1 Å². The fourth-order valence-corrected chi connectivity index (χ4v) is 1.28. The smallest absolute Gasteiger partial charge is 0.334 e. The molecule has 0 amide bonds. The maximum absolute atomic E-state index is 11.5. The van der Waals surface area contributed by atoms with Crippen molar-refractivity contribution < 1.29 is 14.3 Å². The lowest BCUT2D eigenvalue weighted by Gasteiger charge is -2.10. The summed E-state index contributed by atoms with van der Waals surface area (Å²) in [5.41, 5.74) is 0.752. The maximum Gasteiger partial charge on any atom is 0.334 e. The van der Waals surface area contributed by atoms with E-state index >= 15 is 0 Å². The average molecular weight is 210 g/mol. The van der Waals surface area contributed by atoms with Gasteiger partial charge < -0.3 is 9.47 Å². The molecule has 1 aliphatic rings. The van der Waals surface area contributed by atoms with Crippen molar-refractivity contribution >= 4 is 5.97 Å². The molecule has 1 aliphatic carbocycles. The predicted octanol–water partition coefficient (Wildman–Crippen LogP) is 2.23. The van der Waals surface area contributed by atoms with Crippen LogP contribution in [0.3, 0.4) is 0 Å². The standard InChI is InChI=1S/C12H18O3/c1-10(2)14-8-9-15-12(13)11-6-4-3-5-7-11/h3-4,6,10H,5,7-9H2,1-2H3. The van der Waals surface area contributed by atoms with Crippen molar-refractivity contribution in [2.75, 3.05) is 13.2 Å². The Kier molecular flexibility index (Phi) is 5.12. The lowest BCUT2D eigenvalue weighted by molar-refractivity contribution is -0.141. The van der Waals surface area contributed by atoms with Crippen molar-refractivity contribution in [2.24, 2.45) is 0 Å². The molecule has 0 heterocycles. The molecule has 0 atom stereocenters. The van der Waals surface area contributed by atoms with Crippen molar-refractivity contribution in [3.05, 3.63) is 23.8 Å². The van der Waals surface area contributed by atoms with Crippen LogP contribution in [0.2, 0.25) is 0 Å². The Labute approximate surface area is 90.8 Å². The van der Waals surface area contributed by atoms with Crippen molar-refractivity contribution in [1.29, 1.82) is 0 Å². The summed E-state index contributed by atoms with van der Waals surface area (Å²) in [6, 6.07) is 0. The van der Waals surface area contributed by atoms with Gasteiger partial charge in [0.15, 0.2) is 0 Å². The molecule has 0 fully saturated rings. The molecule has 0 aromatic carbocycles. The third-order valence-corrected chi connectivity index (χ3v) is 2.04. The Morgan fingerprint density at radius 2 is 2.27 bits per heavy atom. The summed E-state index contributed by atoms with van der Waals surface area (Å²) in [6.07, 6.45) is 7.63. The lowest BCUT2D eigenvalue weighted by Crippen LogP contribution is -2.15.